The van der Waals surface area contributed by atoms with Gasteiger partial charge in [-0.1, -0.05) is 17.7 Å². The number of carboxylic acids is 1. The lowest BCUT2D eigenvalue weighted by Crippen LogP contribution is -2.51. The summed E-state index contributed by atoms with van der Waals surface area (Å²) >= 11 is 1.10. The van der Waals surface area contributed by atoms with E-state index in [0.717, 1.165) is 17.3 Å². The molecule has 1 N–H and O–H groups in total. The lowest BCUT2D eigenvalue weighted by molar-refractivity contribution is -0.133. The third-order valence-electron chi connectivity index (χ3n) is 3.67. The van der Waals surface area contributed by atoms with E-state index in [1.807, 2.05) is 31.2 Å². The first-order chi connectivity index (χ1) is 11.0. The number of benzene rings is 1. The van der Waals surface area contributed by atoms with Crippen molar-refractivity contribution in [1.29, 1.82) is 0 Å². The second-order valence-corrected chi connectivity index (χ2v) is 6.41. The van der Waals surface area contributed by atoms with Gasteiger partial charge in [-0.05, 0) is 19.1 Å². The molecule has 2 amide bonds. The maximum atomic E-state index is 12.4. The molecule has 2 rings (SSSR count). The molecule has 0 spiro atoms. The van der Waals surface area contributed by atoms with E-state index in [4.69, 9.17) is 5.11 Å². The maximum absolute atomic E-state index is 12.4. The number of hydrogen-bond donors (Lipinski definition) is 1. The second kappa shape index (κ2) is 8.01. The molecule has 7 heteroatoms. The van der Waals surface area contributed by atoms with Crippen LogP contribution in [0, 0.1) is 6.92 Å². The summed E-state index contributed by atoms with van der Waals surface area (Å²) in [6.07, 6.45) is 0. The molecule has 1 aliphatic heterocycles. The van der Waals surface area contributed by atoms with Crippen LogP contribution in [0.15, 0.2) is 24.3 Å². The number of aryl methyl sites for hydroxylation is 1. The predicted octanol–water partition coefficient (Wildman–Crippen LogP) is 1.10. The molecule has 1 aromatic carbocycles. The van der Waals surface area contributed by atoms with Crippen molar-refractivity contribution < 1.29 is 19.5 Å². The van der Waals surface area contributed by atoms with Gasteiger partial charge in [0.05, 0.1) is 11.5 Å². The molecule has 6 nitrogen and oxygen atoms in total. The predicted molar refractivity (Wildman–Crippen MR) is 88.6 cm³/mol. The summed E-state index contributed by atoms with van der Waals surface area (Å²) < 4.78 is 0. The zero-order valence-corrected chi connectivity index (χ0v) is 13.8. The quantitative estimate of drug-likeness (QED) is 0.871. The van der Waals surface area contributed by atoms with Gasteiger partial charge in [0.2, 0.25) is 5.91 Å². The monoisotopic (exact) mass is 336 g/mol. The smallest absolute Gasteiger partial charge is 0.313 e. The van der Waals surface area contributed by atoms with Crippen molar-refractivity contribution in [3.05, 3.63) is 35.4 Å². The van der Waals surface area contributed by atoms with Gasteiger partial charge in [0.15, 0.2) is 0 Å². The minimum atomic E-state index is -0.920. The minimum absolute atomic E-state index is 0.0163. The van der Waals surface area contributed by atoms with Crippen LogP contribution in [-0.4, -0.2) is 70.4 Å². The van der Waals surface area contributed by atoms with E-state index in [1.54, 1.807) is 9.80 Å². The lowest BCUT2D eigenvalue weighted by atomic mass is 10.1. The van der Waals surface area contributed by atoms with E-state index in [9.17, 15) is 14.4 Å². The zero-order chi connectivity index (χ0) is 16.8. The van der Waals surface area contributed by atoms with Gasteiger partial charge in [-0.2, -0.15) is 0 Å². The number of aliphatic carboxylic acids is 1. The Kier molecular flexibility index (Phi) is 6.04. The van der Waals surface area contributed by atoms with Crippen LogP contribution in [0.4, 0.5) is 0 Å². The summed E-state index contributed by atoms with van der Waals surface area (Å²) in [5.74, 6) is -0.914. The minimum Gasteiger partial charge on any atom is -0.481 e. The summed E-state index contributed by atoms with van der Waals surface area (Å²) in [7, 11) is 0. The molecule has 1 aliphatic rings. The van der Waals surface area contributed by atoms with Crippen LogP contribution < -0.4 is 0 Å². The Balaban J connectivity index is 1.81. The Morgan fingerprint density at radius 3 is 2.13 bits per heavy atom. The van der Waals surface area contributed by atoms with Crippen LogP contribution in [0.3, 0.4) is 0 Å². The standard InChI is InChI=1S/C16H20N2O4S/c1-12-2-4-13(5-3-12)16(22)18-8-6-17(7-9-18)14(19)10-23-11-15(20)21/h2-5H,6-11H2,1H3,(H,20,21). The van der Waals surface area contributed by atoms with Crippen LogP contribution in [-0.2, 0) is 9.59 Å². The van der Waals surface area contributed by atoms with Crippen molar-refractivity contribution in [3.63, 3.8) is 0 Å². The average Bonchev–Trinajstić information content (AvgIpc) is 2.54. The summed E-state index contributed by atoms with van der Waals surface area (Å²) in [5.41, 5.74) is 1.77. The molecule has 1 fully saturated rings. The van der Waals surface area contributed by atoms with Crippen LogP contribution in [0.5, 0.6) is 0 Å². The Morgan fingerprint density at radius 1 is 1.00 bits per heavy atom. The largest absolute Gasteiger partial charge is 0.481 e. The number of carbonyl (C=O) groups is 3. The third-order valence-corrected chi connectivity index (χ3v) is 4.57. The molecule has 1 aromatic rings. The van der Waals surface area contributed by atoms with E-state index < -0.39 is 5.97 Å². The topological polar surface area (TPSA) is 77.9 Å². The summed E-state index contributed by atoms with van der Waals surface area (Å²) in [5, 5.41) is 8.57. The van der Waals surface area contributed by atoms with E-state index in [-0.39, 0.29) is 23.3 Å². The normalized spacial score (nSPS) is 14.7. The highest BCUT2D eigenvalue weighted by molar-refractivity contribution is 8.00. The first-order valence-electron chi connectivity index (χ1n) is 7.40. The van der Waals surface area contributed by atoms with Crippen LogP contribution in [0.1, 0.15) is 15.9 Å². The van der Waals surface area contributed by atoms with Gasteiger partial charge < -0.3 is 14.9 Å². The summed E-state index contributed by atoms with van der Waals surface area (Å²) in [4.78, 5) is 38.2. The fourth-order valence-corrected chi connectivity index (χ4v) is 2.99. The number of rotatable bonds is 5. The second-order valence-electron chi connectivity index (χ2n) is 5.43. The van der Waals surface area contributed by atoms with E-state index >= 15 is 0 Å². The van der Waals surface area contributed by atoms with Gasteiger partial charge in [-0.25, -0.2) is 0 Å². The Morgan fingerprint density at radius 2 is 1.57 bits per heavy atom. The number of hydrogen-bond acceptors (Lipinski definition) is 4. The van der Waals surface area contributed by atoms with Crippen LogP contribution in [0.2, 0.25) is 0 Å². The summed E-state index contributed by atoms with van der Waals surface area (Å²) in [6, 6.07) is 7.45. The number of piperazine rings is 1. The number of nitrogens with zero attached hydrogens (tertiary/aromatic N) is 2. The van der Waals surface area contributed by atoms with E-state index in [1.165, 1.54) is 0 Å². The van der Waals surface area contributed by atoms with Crippen molar-refractivity contribution in [2.75, 3.05) is 37.7 Å². The SMILES string of the molecule is Cc1ccc(C(=O)N2CCN(C(=O)CSCC(=O)O)CC2)cc1. The molecule has 1 saturated heterocycles. The molecule has 124 valence electrons. The molecule has 0 aliphatic carbocycles. The highest BCUT2D eigenvalue weighted by Gasteiger charge is 2.24. The van der Waals surface area contributed by atoms with Crippen molar-refractivity contribution >= 4 is 29.5 Å². The molecule has 0 bridgehead atoms. The van der Waals surface area contributed by atoms with Crippen molar-refractivity contribution in [2.45, 2.75) is 6.92 Å². The van der Waals surface area contributed by atoms with Crippen molar-refractivity contribution in [1.82, 2.24) is 9.80 Å². The molecule has 0 saturated carbocycles. The Hall–Kier alpha value is -2.02. The highest BCUT2D eigenvalue weighted by atomic mass is 32.2. The molecular formula is C16H20N2O4S. The number of carbonyl (C=O) groups excluding carboxylic acids is 2. The molecule has 23 heavy (non-hydrogen) atoms. The molecule has 1 heterocycles. The van der Waals surface area contributed by atoms with Gasteiger partial charge in [-0.15, -0.1) is 11.8 Å². The van der Waals surface area contributed by atoms with E-state index in [2.05, 4.69) is 0 Å². The van der Waals surface area contributed by atoms with Crippen LogP contribution >= 0.6 is 11.8 Å². The third kappa shape index (κ3) is 4.99. The Labute approximate surface area is 139 Å². The van der Waals surface area contributed by atoms with Gasteiger partial charge >= 0.3 is 5.97 Å². The van der Waals surface area contributed by atoms with Gasteiger partial charge in [-0.3, -0.25) is 14.4 Å². The molecule has 0 atom stereocenters. The fraction of sp³-hybridized carbons (Fsp3) is 0.438. The first kappa shape index (κ1) is 17.3. The fourth-order valence-electron chi connectivity index (χ4n) is 2.35. The average molecular weight is 336 g/mol. The number of carboxylic acid groups (broad SMARTS) is 1. The lowest BCUT2D eigenvalue weighted by Gasteiger charge is -2.34. The molecule has 0 unspecified atom stereocenters. The van der Waals surface area contributed by atoms with Crippen molar-refractivity contribution in [3.8, 4) is 0 Å². The van der Waals surface area contributed by atoms with Crippen LogP contribution in [0.25, 0.3) is 0 Å². The Bertz CT molecular complexity index is 580. The maximum Gasteiger partial charge on any atom is 0.313 e. The van der Waals surface area contributed by atoms with Crippen molar-refractivity contribution in [2.24, 2.45) is 0 Å². The number of thioether (sulfide) groups is 1. The number of amides is 2. The highest BCUT2D eigenvalue weighted by Crippen LogP contribution is 2.11. The van der Waals surface area contributed by atoms with Gasteiger partial charge in [0.1, 0.15) is 0 Å². The molecule has 0 aromatic heterocycles. The molecule has 0 radical (unpaired) electrons. The first-order valence-corrected chi connectivity index (χ1v) is 8.56. The van der Waals surface area contributed by atoms with E-state index in [0.29, 0.717) is 31.7 Å². The van der Waals surface area contributed by atoms with Gasteiger partial charge in [0, 0.05) is 31.7 Å². The summed E-state index contributed by atoms with van der Waals surface area (Å²) in [6.45, 7) is 3.96. The van der Waals surface area contributed by atoms with Gasteiger partial charge in [0.25, 0.3) is 5.91 Å². The molecular weight excluding hydrogens is 316 g/mol. The zero-order valence-electron chi connectivity index (χ0n) is 13.0.